The van der Waals surface area contributed by atoms with Gasteiger partial charge in [0, 0.05) is 7.05 Å². The fraction of sp³-hybridized carbons (Fsp3) is 0.286. The van der Waals surface area contributed by atoms with Crippen molar-refractivity contribution in [2.45, 2.75) is 20.0 Å². The first-order valence-electron chi connectivity index (χ1n) is 5.88. The minimum atomic E-state index is 0.423. The highest BCUT2D eigenvalue weighted by molar-refractivity contribution is 9.10. The molecule has 0 radical (unpaired) electrons. The van der Waals surface area contributed by atoms with E-state index in [1.54, 1.807) is 0 Å². The van der Waals surface area contributed by atoms with Gasteiger partial charge in [0.15, 0.2) is 0 Å². The molecule has 1 aromatic heterocycles. The minimum absolute atomic E-state index is 0.423. The maximum absolute atomic E-state index is 8.61. The highest BCUT2D eigenvalue weighted by Gasteiger charge is 2.10. The number of benzene rings is 1. The molecular formula is C14H14BrN3O. The summed E-state index contributed by atoms with van der Waals surface area (Å²) in [7, 11) is 1.90. The van der Waals surface area contributed by atoms with Crippen LogP contribution >= 0.6 is 15.9 Å². The first-order chi connectivity index (χ1) is 9.11. The van der Waals surface area contributed by atoms with E-state index < -0.39 is 0 Å². The van der Waals surface area contributed by atoms with Crippen LogP contribution in [0.2, 0.25) is 0 Å². The van der Waals surface area contributed by atoms with Crippen molar-refractivity contribution in [2.24, 2.45) is 7.05 Å². The Labute approximate surface area is 120 Å². The molecule has 0 N–H and O–H groups in total. The van der Waals surface area contributed by atoms with Gasteiger partial charge in [-0.1, -0.05) is 12.1 Å². The number of aryl methyl sites for hydroxylation is 2. The number of hydrogen-bond donors (Lipinski definition) is 0. The van der Waals surface area contributed by atoms with E-state index in [1.165, 1.54) is 0 Å². The van der Waals surface area contributed by atoms with Crippen LogP contribution in [0.4, 0.5) is 0 Å². The Kier molecular flexibility index (Phi) is 4.23. The third-order valence-electron chi connectivity index (χ3n) is 2.84. The average molecular weight is 320 g/mol. The Morgan fingerprint density at radius 3 is 2.58 bits per heavy atom. The van der Waals surface area contributed by atoms with Crippen molar-refractivity contribution in [1.82, 2.24) is 9.78 Å². The number of halogens is 1. The topological polar surface area (TPSA) is 50.8 Å². The molecule has 0 unspecified atom stereocenters. The molecule has 0 aliphatic rings. The molecule has 0 fully saturated rings. The predicted molar refractivity (Wildman–Crippen MR) is 75.7 cm³/mol. The van der Waals surface area contributed by atoms with Gasteiger partial charge in [-0.2, -0.15) is 10.4 Å². The number of rotatable bonds is 4. The summed E-state index contributed by atoms with van der Waals surface area (Å²) in [6.07, 6.45) is 0.423. The fourth-order valence-electron chi connectivity index (χ4n) is 1.78. The zero-order valence-electron chi connectivity index (χ0n) is 10.9. The molecule has 1 aromatic carbocycles. The fourth-order valence-corrected chi connectivity index (χ4v) is 2.23. The van der Waals surface area contributed by atoms with Crippen molar-refractivity contribution < 1.29 is 4.74 Å². The molecular weight excluding hydrogens is 306 g/mol. The molecule has 4 nitrogen and oxygen atoms in total. The zero-order chi connectivity index (χ0) is 13.8. The highest BCUT2D eigenvalue weighted by Crippen LogP contribution is 2.22. The number of ether oxygens (including phenoxy) is 1. The SMILES string of the molecule is Cc1nn(C)c(COc2ccc(CC#N)cc2)c1Br. The molecule has 0 saturated heterocycles. The van der Waals surface area contributed by atoms with Crippen molar-refractivity contribution >= 4 is 15.9 Å². The molecule has 0 aliphatic carbocycles. The zero-order valence-corrected chi connectivity index (χ0v) is 12.4. The third kappa shape index (κ3) is 3.15. The normalized spacial score (nSPS) is 10.2. The number of nitriles is 1. The van der Waals surface area contributed by atoms with Crippen LogP contribution in [0.25, 0.3) is 0 Å². The van der Waals surface area contributed by atoms with Gasteiger partial charge in [0.05, 0.1) is 28.4 Å². The lowest BCUT2D eigenvalue weighted by atomic mass is 10.2. The number of nitrogens with zero attached hydrogens (tertiary/aromatic N) is 3. The summed E-state index contributed by atoms with van der Waals surface area (Å²) in [5.74, 6) is 0.785. The average Bonchev–Trinajstić information content (AvgIpc) is 2.64. The minimum Gasteiger partial charge on any atom is -0.487 e. The number of hydrogen-bond acceptors (Lipinski definition) is 3. The van der Waals surface area contributed by atoms with Gasteiger partial charge < -0.3 is 4.74 Å². The molecule has 2 aromatic rings. The van der Waals surface area contributed by atoms with Gasteiger partial charge in [0.1, 0.15) is 12.4 Å². The van der Waals surface area contributed by atoms with E-state index in [0.29, 0.717) is 13.0 Å². The third-order valence-corrected chi connectivity index (χ3v) is 3.88. The maximum Gasteiger partial charge on any atom is 0.131 e. The molecule has 2 rings (SSSR count). The van der Waals surface area contributed by atoms with Crippen LogP contribution in [0, 0.1) is 18.3 Å². The number of aromatic nitrogens is 2. The van der Waals surface area contributed by atoms with Crippen LogP contribution in [-0.2, 0) is 20.1 Å². The molecule has 0 spiro atoms. The second kappa shape index (κ2) is 5.89. The van der Waals surface area contributed by atoms with E-state index >= 15 is 0 Å². The van der Waals surface area contributed by atoms with E-state index in [4.69, 9.17) is 10.00 Å². The van der Waals surface area contributed by atoms with Gasteiger partial charge in [0.25, 0.3) is 0 Å². The van der Waals surface area contributed by atoms with Gasteiger partial charge >= 0.3 is 0 Å². The molecule has 98 valence electrons. The van der Waals surface area contributed by atoms with Crippen molar-refractivity contribution in [1.29, 1.82) is 5.26 Å². The van der Waals surface area contributed by atoms with Crippen molar-refractivity contribution in [3.8, 4) is 11.8 Å². The summed E-state index contributed by atoms with van der Waals surface area (Å²) in [5, 5.41) is 12.9. The Morgan fingerprint density at radius 2 is 2.05 bits per heavy atom. The Bertz CT molecular complexity index is 611. The quantitative estimate of drug-likeness (QED) is 0.869. The van der Waals surface area contributed by atoms with Crippen molar-refractivity contribution in [3.63, 3.8) is 0 Å². The molecule has 5 heteroatoms. The summed E-state index contributed by atoms with van der Waals surface area (Å²) in [5.41, 5.74) is 2.94. The van der Waals surface area contributed by atoms with E-state index in [2.05, 4.69) is 27.1 Å². The summed E-state index contributed by atoms with van der Waals surface area (Å²) in [6, 6.07) is 9.69. The molecule has 0 aliphatic heterocycles. The van der Waals surface area contributed by atoms with Gasteiger partial charge in [-0.15, -0.1) is 0 Å². The van der Waals surface area contributed by atoms with Crippen LogP contribution in [0.5, 0.6) is 5.75 Å². The van der Waals surface area contributed by atoms with Crippen LogP contribution in [0.15, 0.2) is 28.7 Å². The standard InChI is InChI=1S/C14H14BrN3O/c1-10-14(15)13(18(2)17-10)9-19-12-5-3-11(4-6-12)7-8-16/h3-6H,7,9H2,1-2H3. The lowest BCUT2D eigenvalue weighted by molar-refractivity contribution is 0.294. The van der Waals surface area contributed by atoms with E-state index in [0.717, 1.165) is 27.2 Å². The van der Waals surface area contributed by atoms with Crippen LogP contribution in [0.1, 0.15) is 17.0 Å². The lowest BCUT2D eigenvalue weighted by Crippen LogP contribution is -2.03. The van der Waals surface area contributed by atoms with Crippen molar-refractivity contribution in [2.75, 3.05) is 0 Å². The first-order valence-corrected chi connectivity index (χ1v) is 6.67. The van der Waals surface area contributed by atoms with Gasteiger partial charge in [-0.05, 0) is 40.5 Å². The molecule has 1 heterocycles. The van der Waals surface area contributed by atoms with E-state index in [9.17, 15) is 0 Å². The summed E-state index contributed by atoms with van der Waals surface area (Å²) in [6.45, 7) is 2.40. The smallest absolute Gasteiger partial charge is 0.131 e. The summed E-state index contributed by atoms with van der Waals surface area (Å²) in [4.78, 5) is 0. The van der Waals surface area contributed by atoms with Crippen LogP contribution < -0.4 is 4.74 Å². The molecule has 0 saturated carbocycles. The van der Waals surface area contributed by atoms with Gasteiger partial charge in [-0.3, -0.25) is 4.68 Å². The molecule has 0 amide bonds. The second-order valence-electron chi connectivity index (χ2n) is 4.24. The summed E-state index contributed by atoms with van der Waals surface area (Å²) < 4.78 is 8.52. The highest BCUT2D eigenvalue weighted by atomic mass is 79.9. The van der Waals surface area contributed by atoms with Crippen molar-refractivity contribution in [3.05, 3.63) is 45.7 Å². The summed E-state index contributed by atoms with van der Waals surface area (Å²) >= 11 is 3.51. The Hall–Kier alpha value is -1.80. The first kappa shape index (κ1) is 13.6. The monoisotopic (exact) mass is 319 g/mol. The largest absolute Gasteiger partial charge is 0.487 e. The van der Waals surface area contributed by atoms with E-state index in [1.807, 2.05) is 42.9 Å². The van der Waals surface area contributed by atoms with Gasteiger partial charge in [-0.25, -0.2) is 0 Å². The maximum atomic E-state index is 8.61. The Balaban J connectivity index is 2.04. The van der Waals surface area contributed by atoms with Crippen LogP contribution in [-0.4, -0.2) is 9.78 Å². The molecule has 19 heavy (non-hydrogen) atoms. The lowest BCUT2D eigenvalue weighted by Gasteiger charge is -2.07. The molecule has 0 atom stereocenters. The Morgan fingerprint density at radius 1 is 1.37 bits per heavy atom. The predicted octanol–water partition coefficient (Wildman–Crippen LogP) is 3.14. The molecule has 0 bridgehead atoms. The second-order valence-corrected chi connectivity index (χ2v) is 5.03. The van der Waals surface area contributed by atoms with Crippen LogP contribution in [0.3, 0.4) is 0 Å². The van der Waals surface area contributed by atoms with E-state index in [-0.39, 0.29) is 0 Å². The van der Waals surface area contributed by atoms with Gasteiger partial charge in [0.2, 0.25) is 0 Å².